The number of rotatable bonds is 5. The predicted molar refractivity (Wildman–Crippen MR) is 62.5 cm³/mol. The van der Waals surface area contributed by atoms with Crippen molar-refractivity contribution in [1.29, 1.82) is 0 Å². The Morgan fingerprint density at radius 2 is 1.93 bits per heavy atom. The van der Waals surface area contributed by atoms with Crippen LogP contribution in [-0.2, 0) is 4.79 Å². The minimum Gasteiger partial charge on any atom is -0.370 e. The van der Waals surface area contributed by atoms with Gasteiger partial charge in [0.05, 0.1) is 0 Å². The molecule has 0 aromatic carbocycles. The van der Waals surface area contributed by atoms with Crippen LogP contribution in [0.25, 0.3) is 0 Å². The van der Waals surface area contributed by atoms with Crippen molar-refractivity contribution in [3.63, 3.8) is 0 Å². The Hall–Kier alpha value is -0.570. The van der Waals surface area contributed by atoms with Gasteiger partial charge in [0.15, 0.2) is 0 Å². The molecule has 0 radical (unpaired) electrons. The second-order valence-corrected chi connectivity index (χ2v) is 4.59. The molecule has 1 amide bonds. The van der Waals surface area contributed by atoms with Gasteiger partial charge >= 0.3 is 0 Å². The summed E-state index contributed by atoms with van der Waals surface area (Å²) in [6.45, 7) is 3.01. The molecule has 0 aromatic heterocycles. The molecule has 0 bridgehead atoms. The Kier molecular flexibility index (Phi) is 5.69. The van der Waals surface area contributed by atoms with E-state index in [0.29, 0.717) is 18.4 Å². The molecular formula is C12H24N2O. The van der Waals surface area contributed by atoms with Crippen molar-refractivity contribution >= 4 is 5.91 Å². The van der Waals surface area contributed by atoms with E-state index in [-0.39, 0.29) is 5.91 Å². The molecule has 3 heteroatoms. The van der Waals surface area contributed by atoms with Crippen molar-refractivity contribution in [2.75, 3.05) is 6.54 Å². The number of amides is 1. The van der Waals surface area contributed by atoms with Gasteiger partial charge in [-0.1, -0.05) is 32.6 Å². The maximum Gasteiger partial charge on any atom is 0.218 e. The quantitative estimate of drug-likeness (QED) is 0.683. The molecule has 1 saturated carbocycles. The summed E-state index contributed by atoms with van der Waals surface area (Å²) in [4.78, 5) is 11.0. The van der Waals surface area contributed by atoms with Crippen LogP contribution < -0.4 is 11.1 Å². The third-order valence-electron chi connectivity index (χ3n) is 3.36. The Bertz CT molecular complexity index is 186. The van der Waals surface area contributed by atoms with Crippen LogP contribution in [0.5, 0.6) is 0 Å². The Morgan fingerprint density at radius 1 is 1.33 bits per heavy atom. The normalized spacial score (nSPS) is 20.9. The van der Waals surface area contributed by atoms with Crippen LogP contribution in [0, 0.1) is 5.92 Å². The fraction of sp³-hybridized carbons (Fsp3) is 0.917. The maximum atomic E-state index is 11.0. The van der Waals surface area contributed by atoms with Gasteiger partial charge in [-0.15, -0.1) is 0 Å². The van der Waals surface area contributed by atoms with Crippen LogP contribution in [0.15, 0.2) is 0 Å². The topological polar surface area (TPSA) is 55.1 Å². The molecule has 1 fully saturated rings. The van der Waals surface area contributed by atoms with E-state index in [9.17, 15) is 4.79 Å². The molecule has 3 nitrogen and oxygen atoms in total. The summed E-state index contributed by atoms with van der Waals surface area (Å²) in [6, 6.07) is 0.311. The van der Waals surface area contributed by atoms with Gasteiger partial charge in [-0.05, 0) is 25.3 Å². The zero-order valence-corrected chi connectivity index (χ0v) is 9.80. The highest BCUT2D eigenvalue weighted by Gasteiger charge is 2.23. The van der Waals surface area contributed by atoms with Crippen LogP contribution in [0.4, 0.5) is 0 Å². The van der Waals surface area contributed by atoms with E-state index < -0.39 is 0 Å². The largest absolute Gasteiger partial charge is 0.370 e. The van der Waals surface area contributed by atoms with Gasteiger partial charge in [-0.25, -0.2) is 0 Å². The number of carbonyl (C=O) groups is 1. The minimum atomic E-state index is -0.176. The lowest BCUT2D eigenvalue weighted by Crippen LogP contribution is -2.39. The highest BCUT2D eigenvalue weighted by Crippen LogP contribution is 2.26. The van der Waals surface area contributed by atoms with E-state index in [2.05, 4.69) is 12.2 Å². The molecule has 0 aliphatic heterocycles. The third kappa shape index (κ3) is 4.65. The molecule has 1 aliphatic rings. The number of hydrogen-bond acceptors (Lipinski definition) is 2. The number of primary amides is 1. The Labute approximate surface area is 92.8 Å². The van der Waals surface area contributed by atoms with Crippen LogP contribution in [0.3, 0.4) is 0 Å². The zero-order chi connectivity index (χ0) is 11.1. The van der Waals surface area contributed by atoms with E-state index >= 15 is 0 Å². The second kappa shape index (κ2) is 6.83. The van der Waals surface area contributed by atoms with E-state index in [1.54, 1.807) is 0 Å². The number of carbonyl (C=O) groups excluding carboxylic acids is 1. The van der Waals surface area contributed by atoms with Crippen molar-refractivity contribution in [2.24, 2.45) is 11.7 Å². The molecule has 0 heterocycles. The SMILES string of the molecule is CCNC(CC(N)=O)C1CCCCCC1. The highest BCUT2D eigenvalue weighted by molar-refractivity contribution is 5.74. The van der Waals surface area contributed by atoms with Crippen LogP contribution in [-0.4, -0.2) is 18.5 Å². The molecule has 0 saturated heterocycles. The van der Waals surface area contributed by atoms with Gasteiger partial charge in [-0.3, -0.25) is 4.79 Å². The summed E-state index contributed by atoms with van der Waals surface area (Å²) in [6.07, 6.45) is 8.34. The van der Waals surface area contributed by atoms with Crippen molar-refractivity contribution in [1.82, 2.24) is 5.32 Å². The van der Waals surface area contributed by atoms with Crippen LogP contribution in [0.2, 0.25) is 0 Å². The molecule has 3 N–H and O–H groups in total. The second-order valence-electron chi connectivity index (χ2n) is 4.59. The molecule has 1 rings (SSSR count). The number of nitrogens with one attached hydrogen (secondary N) is 1. The maximum absolute atomic E-state index is 11.0. The molecular weight excluding hydrogens is 188 g/mol. The van der Waals surface area contributed by atoms with Gasteiger partial charge in [-0.2, -0.15) is 0 Å². The summed E-state index contributed by atoms with van der Waals surface area (Å²) < 4.78 is 0. The molecule has 1 unspecified atom stereocenters. The first-order chi connectivity index (χ1) is 7.24. The zero-order valence-electron chi connectivity index (χ0n) is 9.80. The van der Waals surface area contributed by atoms with Gasteiger partial charge in [0, 0.05) is 12.5 Å². The number of hydrogen-bond donors (Lipinski definition) is 2. The van der Waals surface area contributed by atoms with E-state index in [0.717, 1.165) is 6.54 Å². The standard InChI is InChI=1S/C12H24N2O/c1-2-14-11(9-12(13)15)10-7-5-3-4-6-8-10/h10-11,14H,2-9H2,1H3,(H2,13,15). The molecule has 15 heavy (non-hydrogen) atoms. The monoisotopic (exact) mass is 212 g/mol. The van der Waals surface area contributed by atoms with Crippen molar-refractivity contribution in [3.8, 4) is 0 Å². The molecule has 1 aliphatic carbocycles. The van der Waals surface area contributed by atoms with Crippen LogP contribution in [0.1, 0.15) is 51.9 Å². The lowest BCUT2D eigenvalue weighted by molar-refractivity contribution is -0.118. The van der Waals surface area contributed by atoms with Gasteiger partial charge in [0.1, 0.15) is 0 Å². The lowest BCUT2D eigenvalue weighted by atomic mass is 9.89. The molecule has 88 valence electrons. The number of nitrogens with two attached hydrogens (primary N) is 1. The first kappa shape index (κ1) is 12.5. The Morgan fingerprint density at radius 3 is 2.40 bits per heavy atom. The summed E-state index contributed by atoms with van der Waals surface area (Å²) >= 11 is 0. The fourth-order valence-corrected chi connectivity index (χ4v) is 2.60. The van der Waals surface area contributed by atoms with Crippen molar-refractivity contribution in [2.45, 2.75) is 57.9 Å². The van der Waals surface area contributed by atoms with Crippen molar-refractivity contribution in [3.05, 3.63) is 0 Å². The Balaban J connectivity index is 2.47. The molecule has 1 atom stereocenters. The lowest BCUT2D eigenvalue weighted by Gasteiger charge is -2.25. The van der Waals surface area contributed by atoms with E-state index in [1.807, 2.05) is 0 Å². The minimum absolute atomic E-state index is 0.176. The predicted octanol–water partition coefficient (Wildman–Crippen LogP) is 1.81. The van der Waals surface area contributed by atoms with Gasteiger partial charge in [0.25, 0.3) is 0 Å². The summed E-state index contributed by atoms with van der Waals surface area (Å²) in [7, 11) is 0. The van der Waals surface area contributed by atoms with E-state index in [1.165, 1.54) is 38.5 Å². The average Bonchev–Trinajstić information content (AvgIpc) is 2.44. The molecule has 0 aromatic rings. The van der Waals surface area contributed by atoms with E-state index in [4.69, 9.17) is 5.73 Å². The highest BCUT2D eigenvalue weighted by atomic mass is 16.1. The average molecular weight is 212 g/mol. The first-order valence-corrected chi connectivity index (χ1v) is 6.25. The smallest absolute Gasteiger partial charge is 0.218 e. The summed E-state index contributed by atoms with van der Waals surface area (Å²) in [5.41, 5.74) is 5.29. The summed E-state index contributed by atoms with van der Waals surface area (Å²) in [5.74, 6) is 0.477. The van der Waals surface area contributed by atoms with Gasteiger partial charge in [0.2, 0.25) is 5.91 Å². The first-order valence-electron chi connectivity index (χ1n) is 6.25. The molecule has 0 spiro atoms. The third-order valence-corrected chi connectivity index (χ3v) is 3.36. The fourth-order valence-electron chi connectivity index (χ4n) is 2.60. The van der Waals surface area contributed by atoms with Crippen molar-refractivity contribution < 1.29 is 4.79 Å². The van der Waals surface area contributed by atoms with Crippen LogP contribution >= 0.6 is 0 Å². The summed E-state index contributed by atoms with van der Waals surface area (Å²) in [5, 5.41) is 3.41. The van der Waals surface area contributed by atoms with Gasteiger partial charge < -0.3 is 11.1 Å².